The van der Waals surface area contributed by atoms with Crippen molar-refractivity contribution in [1.82, 2.24) is 4.90 Å². The molecule has 13 heteroatoms. The molecule has 2 heterocycles. The molecule has 1 aliphatic rings. The summed E-state index contributed by atoms with van der Waals surface area (Å²) in [5, 5.41) is 10.7. The van der Waals surface area contributed by atoms with Crippen LogP contribution in [0.15, 0.2) is 45.6 Å². The van der Waals surface area contributed by atoms with Crippen LogP contribution >= 0.6 is 28.1 Å². The second-order valence-corrected chi connectivity index (χ2v) is 9.82. The standard InChI is InChI=1S/C21H22ClNO9P2/c1-23-7-6-12(18(10-23)32-34(28)29)19-17(31-33(26)27)9-15(25)20-14(24)8-16(30-21(19)20)11-4-2-3-5-13(11)22/h2-5,8-9,12,18,25,33-34H,6-7,10H2,1H3,(H,26,27)(H,28,29)/t12-,18+/m0/s1. The molecule has 34 heavy (non-hydrogen) atoms. The van der Waals surface area contributed by atoms with Crippen molar-refractivity contribution in [1.29, 1.82) is 0 Å². The Morgan fingerprint density at radius 1 is 1.18 bits per heavy atom. The highest BCUT2D eigenvalue weighted by Gasteiger charge is 2.36. The van der Waals surface area contributed by atoms with Gasteiger partial charge in [-0.2, -0.15) is 0 Å². The second kappa shape index (κ2) is 10.2. The normalized spacial score (nSPS) is 20.8. The third-order valence-electron chi connectivity index (χ3n) is 5.70. The molecule has 2 aromatic carbocycles. The van der Waals surface area contributed by atoms with Crippen molar-refractivity contribution >= 4 is 39.1 Å². The number of nitrogens with zero attached hydrogens (tertiary/aromatic N) is 1. The van der Waals surface area contributed by atoms with Gasteiger partial charge in [-0.1, -0.05) is 23.7 Å². The summed E-state index contributed by atoms with van der Waals surface area (Å²) < 4.78 is 39.7. The summed E-state index contributed by atoms with van der Waals surface area (Å²) >= 11 is 6.29. The van der Waals surface area contributed by atoms with Crippen molar-refractivity contribution in [3.8, 4) is 22.8 Å². The van der Waals surface area contributed by atoms with Gasteiger partial charge in [0.1, 0.15) is 28.2 Å². The van der Waals surface area contributed by atoms with E-state index in [2.05, 4.69) is 0 Å². The topological polar surface area (TPSA) is 147 Å². The van der Waals surface area contributed by atoms with E-state index < -0.39 is 39.7 Å². The third kappa shape index (κ3) is 5.09. The smallest absolute Gasteiger partial charge is 0.365 e. The van der Waals surface area contributed by atoms with Crippen LogP contribution in [0.5, 0.6) is 11.5 Å². The fraction of sp³-hybridized carbons (Fsp3) is 0.286. The lowest BCUT2D eigenvalue weighted by molar-refractivity contribution is 0.0793. The van der Waals surface area contributed by atoms with Crippen LogP contribution in [0.1, 0.15) is 17.9 Å². The molecule has 3 N–H and O–H groups in total. The highest BCUT2D eigenvalue weighted by atomic mass is 35.5. The van der Waals surface area contributed by atoms with E-state index in [-0.39, 0.29) is 34.6 Å². The number of halogens is 1. The van der Waals surface area contributed by atoms with E-state index in [1.807, 2.05) is 11.9 Å². The zero-order chi connectivity index (χ0) is 24.6. The Bertz CT molecular complexity index is 1350. The molecule has 0 saturated carbocycles. The molecule has 0 amide bonds. The van der Waals surface area contributed by atoms with Crippen LogP contribution in [0.3, 0.4) is 0 Å². The van der Waals surface area contributed by atoms with Gasteiger partial charge in [-0.3, -0.25) is 9.36 Å². The van der Waals surface area contributed by atoms with E-state index in [1.165, 1.54) is 6.07 Å². The summed E-state index contributed by atoms with van der Waals surface area (Å²) in [5.41, 5.74) is -0.0412. The Balaban J connectivity index is 2.03. The van der Waals surface area contributed by atoms with Crippen LogP contribution in [-0.2, 0) is 13.7 Å². The predicted octanol–water partition coefficient (Wildman–Crippen LogP) is 3.77. The first-order valence-corrected chi connectivity index (χ1v) is 13.1. The van der Waals surface area contributed by atoms with Gasteiger partial charge in [0.15, 0.2) is 5.43 Å². The molecule has 3 aromatic rings. The molecule has 10 nitrogen and oxygen atoms in total. The van der Waals surface area contributed by atoms with Gasteiger partial charge >= 0.3 is 16.5 Å². The van der Waals surface area contributed by atoms with Gasteiger partial charge in [0.25, 0.3) is 0 Å². The molecule has 0 bridgehead atoms. The summed E-state index contributed by atoms with van der Waals surface area (Å²) in [6, 6.07) is 8.96. The molecule has 1 fully saturated rings. The fourth-order valence-corrected chi connectivity index (χ4v) is 5.37. The van der Waals surface area contributed by atoms with Crippen molar-refractivity contribution in [2.24, 2.45) is 0 Å². The number of hydrogen-bond donors (Lipinski definition) is 3. The van der Waals surface area contributed by atoms with Crippen molar-refractivity contribution in [3.05, 3.63) is 57.2 Å². The SMILES string of the molecule is CN1CC[C@H](c2c(O[PH](=O)O)cc(O)c3c(=O)cc(-c4ccccc4Cl)oc23)[C@H](O[PH](=O)O)C1. The first kappa shape index (κ1) is 24.9. The Labute approximate surface area is 200 Å². The van der Waals surface area contributed by atoms with Gasteiger partial charge in [-0.25, -0.2) is 4.57 Å². The molecule has 0 radical (unpaired) electrons. The van der Waals surface area contributed by atoms with Crippen LogP contribution < -0.4 is 9.95 Å². The van der Waals surface area contributed by atoms with Crippen LogP contribution in [0, 0.1) is 0 Å². The van der Waals surface area contributed by atoms with Crippen molar-refractivity contribution in [2.45, 2.75) is 18.4 Å². The lowest BCUT2D eigenvalue weighted by Crippen LogP contribution is -2.41. The quantitative estimate of drug-likeness (QED) is 0.403. The number of phenolic OH excluding ortho intramolecular Hbond substituents is 1. The van der Waals surface area contributed by atoms with E-state index >= 15 is 0 Å². The summed E-state index contributed by atoms with van der Waals surface area (Å²) in [7, 11) is -5.04. The average molecular weight is 530 g/mol. The predicted molar refractivity (Wildman–Crippen MR) is 127 cm³/mol. The molecule has 0 spiro atoms. The van der Waals surface area contributed by atoms with Gasteiger partial charge in [0.2, 0.25) is 0 Å². The first-order valence-electron chi connectivity index (χ1n) is 10.2. The van der Waals surface area contributed by atoms with E-state index in [1.54, 1.807) is 24.3 Å². The molecule has 1 saturated heterocycles. The number of benzene rings is 2. The lowest BCUT2D eigenvalue weighted by Gasteiger charge is -2.36. The summed E-state index contributed by atoms with van der Waals surface area (Å²) in [5.74, 6) is -1.23. The van der Waals surface area contributed by atoms with E-state index in [4.69, 9.17) is 25.1 Å². The first-order chi connectivity index (χ1) is 16.2. The zero-order valence-corrected chi connectivity index (χ0v) is 20.6. The number of piperidine rings is 1. The maximum absolute atomic E-state index is 13.1. The lowest BCUT2D eigenvalue weighted by atomic mass is 9.85. The van der Waals surface area contributed by atoms with E-state index in [0.29, 0.717) is 23.6 Å². The van der Waals surface area contributed by atoms with Crippen molar-refractivity contribution in [2.75, 3.05) is 20.1 Å². The average Bonchev–Trinajstić information content (AvgIpc) is 2.74. The van der Waals surface area contributed by atoms with Gasteiger partial charge in [-0.15, -0.1) is 0 Å². The minimum absolute atomic E-state index is 0.0820. The van der Waals surface area contributed by atoms with Gasteiger partial charge in [0.05, 0.1) is 11.1 Å². The number of likely N-dealkylation sites (N-methyl/N-ethyl adjacent to an activating group) is 1. The molecular formula is C21H22ClNO9P2. The van der Waals surface area contributed by atoms with E-state index in [9.17, 15) is 28.8 Å². The maximum atomic E-state index is 13.1. The van der Waals surface area contributed by atoms with Crippen LogP contribution in [0.25, 0.3) is 22.3 Å². The highest BCUT2D eigenvalue weighted by Crippen LogP contribution is 2.46. The van der Waals surface area contributed by atoms with Crippen molar-refractivity contribution in [3.63, 3.8) is 0 Å². The molecule has 4 rings (SSSR count). The molecule has 4 atom stereocenters. The summed E-state index contributed by atoms with van der Waals surface area (Å²) in [6.07, 6.45) is -0.431. The molecular weight excluding hydrogens is 508 g/mol. The number of rotatable bonds is 6. The van der Waals surface area contributed by atoms with Crippen LogP contribution in [0.4, 0.5) is 0 Å². The van der Waals surface area contributed by atoms with Gasteiger partial charge in [0, 0.05) is 35.7 Å². The van der Waals surface area contributed by atoms with E-state index in [0.717, 1.165) is 6.07 Å². The Morgan fingerprint density at radius 2 is 1.91 bits per heavy atom. The van der Waals surface area contributed by atoms with Crippen LogP contribution in [0.2, 0.25) is 5.02 Å². The van der Waals surface area contributed by atoms with Crippen molar-refractivity contribution < 1.29 is 37.5 Å². The summed E-state index contributed by atoms with van der Waals surface area (Å²) in [6.45, 7) is 0.827. The third-order valence-corrected chi connectivity index (χ3v) is 6.93. The number of likely N-dealkylation sites (tertiary alicyclic amines) is 1. The maximum Gasteiger partial charge on any atom is 0.365 e. The highest BCUT2D eigenvalue weighted by molar-refractivity contribution is 7.32. The zero-order valence-electron chi connectivity index (χ0n) is 17.9. The number of fused-ring (bicyclic) bond motifs is 1. The van der Waals surface area contributed by atoms with Crippen LogP contribution in [-0.4, -0.2) is 46.0 Å². The van der Waals surface area contributed by atoms with Gasteiger partial charge in [-0.05, 0) is 32.1 Å². The Kier molecular flexibility index (Phi) is 7.50. The fourth-order valence-electron chi connectivity index (χ4n) is 4.29. The summed E-state index contributed by atoms with van der Waals surface area (Å²) in [4.78, 5) is 33.9. The minimum atomic E-state index is -3.52. The Hall–Kier alpha value is -2.16. The molecule has 2 unspecified atom stereocenters. The molecule has 182 valence electrons. The number of hydrogen-bond acceptors (Lipinski definition) is 8. The molecule has 1 aromatic heterocycles. The molecule has 1 aliphatic heterocycles. The Morgan fingerprint density at radius 3 is 2.59 bits per heavy atom. The number of phenols is 1. The number of aromatic hydroxyl groups is 1. The second-order valence-electron chi connectivity index (χ2n) is 7.91. The minimum Gasteiger partial charge on any atom is -0.507 e. The largest absolute Gasteiger partial charge is 0.507 e. The monoisotopic (exact) mass is 529 g/mol. The molecule has 0 aliphatic carbocycles. The van der Waals surface area contributed by atoms with Gasteiger partial charge < -0.3 is 33.3 Å².